The molecular formula is C18H21F3N2O3. The van der Waals surface area contributed by atoms with Gasteiger partial charge in [-0.3, -0.25) is 0 Å². The molecule has 1 aliphatic rings. The van der Waals surface area contributed by atoms with Crippen molar-refractivity contribution in [3.05, 3.63) is 34.9 Å². The van der Waals surface area contributed by atoms with Crippen molar-refractivity contribution in [3.8, 4) is 6.07 Å². The first kappa shape index (κ1) is 20.0. The number of amides is 1. The standard InChI is InChI=1S/C18H21F3N2O3/c1-16(2,3)26-15(24)23-8-6-17(25,7-9-23)13-5-4-12(11-22)14(10-13)18(19,20)21/h4-5,10,25H,6-9H2,1-3H3. The second-order valence-corrected chi connectivity index (χ2v) is 7.37. The van der Waals surface area contributed by atoms with E-state index in [1.165, 1.54) is 17.0 Å². The lowest BCUT2D eigenvalue weighted by molar-refractivity contribution is -0.138. The van der Waals surface area contributed by atoms with Gasteiger partial charge in [-0.2, -0.15) is 18.4 Å². The molecule has 1 heterocycles. The van der Waals surface area contributed by atoms with Gasteiger partial charge in [-0.25, -0.2) is 4.79 Å². The van der Waals surface area contributed by atoms with Gasteiger partial charge < -0.3 is 14.7 Å². The van der Waals surface area contributed by atoms with Gasteiger partial charge in [-0.05, 0) is 51.3 Å². The summed E-state index contributed by atoms with van der Waals surface area (Å²) in [5.74, 6) is 0. The summed E-state index contributed by atoms with van der Waals surface area (Å²) in [6, 6.07) is 4.73. The molecule has 0 radical (unpaired) electrons. The predicted molar refractivity (Wildman–Crippen MR) is 87.1 cm³/mol. The predicted octanol–water partition coefficient (Wildman–Crippen LogP) is 3.80. The van der Waals surface area contributed by atoms with Crippen molar-refractivity contribution in [1.82, 2.24) is 4.90 Å². The number of halogens is 3. The second kappa shape index (κ2) is 6.80. The highest BCUT2D eigenvalue weighted by Crippen LogP contribution is 2.38. The Morgan fingerprint density at radius 1 is 1.27 bits per heavy atom. The van der Waals surface area contributed by atoms with E-state index < -0.39 is 34.6 Å². The minimum absolute atomic E-state index is 0.0788. The zero-order chi connectivity index (χ0) is 19.8. The van der Waals surface area contributed by atoms with Crippen LogP contribution >= 0.6 is 0 Å². The fourth-order valence-corrected chi connectivity index (χ4v) is 2.84. The monoisotopic (exact) mass is 370 g/mol. The lowest BCUT2D eigenvalue weighted by Crippen LogP contribution is -2.46. The van der Waals surface area contributed by atoms with Crippen molar-refractivity contribution >= 4 is 6.09 Å². The van der Waals surface area contributed by atoms with Crippen molar-refractivity contribution in [2.24, 2.45) is 0 Å². The number of likely N-dealkylation sites (tertiary alicyclic amines) is 1. The molecule has 0 unspecified atom stereocenters. The zero-order valence-corrected chi connectivity index (χ0v) is 14.9. The van der Waals surface area contributed by atoms with Crippen molar-refractivity contribution in [2.75, 3.05) is 13.1 Å². The number of rotatable bonds is 1. The number of aliphatic hydroxyl groups is 1. The Bertz CT molecular complexity index is 725. The highest BCUT2D eigenvalue weighted by Gasteiger charge is 2.40. The Hall–Kier alpha value is -2.27. The van der Waals surface area contributed by atoms with Crippen molar-refractivity contribution in [2.45, 2.75) is 51.0 Å². The van der Waals surface area contributed by atoms with E-state index in [-0.39, 0.29) is 31.5 Å². The molecule has 2 rings (SSSR count). The first-order chi connectivity index (χ1) is 11.9. The summed E-state index contributed by atoms with van der Waals surface area (Å²) in [5.41, 5.74) is -3.62. The third kappa shape index (κ3) is 4.47. The van der Waals surface area contributed by atoms with Gasteiger partial charge in [0.25, 0.3) is 0 Å². The SMILES string of the molecule is CC(C)(C)OC(=O)N1CCC(O)(c2ccc(C#N)c(C(F)(F)F)c2)CC1. The first-order valence-electron chi connectivity index (χ1n) is 8.18. The Morgan fingerprint density at radius 2 is 1.85 bits per heavy atom. The van der Waals surface area contributed by atoms with E-state index in [0.29, 0.717) is 0 Å². The van der Waals surface area contributed by atoms with Crippen LogP contribution in [0.4, 0.5) is 18.0 Å². The maximum atomic E-state index is 13.1. The van der Waals surface area contributed by atoms with E-state index in [0.717, 1.165) is 12.1 Å². The van der Waals surface area contributed by atoms with Crippen LogP contribution in [0.5, 0.6) is 0 Å². The average molecular weight is 370 g/mol. The van der Waals surface area contributed by atoms with Crippen LogP contribution in [0, 0.1) is 11.3 Å². The van der Waals surface area contributed by atoms with Crippen LogP contribution < -0.4 is 0 Å². The Labute approximate surface area is 150 Å². The first-order valence-corrected chi connectivity index (χ1v) is 8.18. The fourth-order valence-electron chi connectivity index (χ4n) is 2.84. The summed E-state index contributed by atoms with van der Waals surface area (Å²) in [4.78, 5) is 13.5. The molecule has 0 bridgehead atoms. The van der Waals surface area contributed by atoms with Crippen molar-refractivity contribution in [1.29, 1.82) is 5.26 Å². The molecule has 1 amide bonds. The van der Waals surface area contributed by atoms with Gasteiger partial charge in [0.05, 0.1) is 22.8 Å². The van der Waals surface area contributed by atoms with Crippen LogP contribution in [-0.4, -0.2) is 34.8 Å². The van der Waals surface area contributed by atoms with Crippen LogP contribution in [0.3, 0.4) is 0 Å². The lowest BCUT2D eigenvalue weighted by Gasteiger charge is -2.39. The molecule has 1 fully saturated rings. The summed E-state index contributed by atoms with van der Waals surface area (Å²) in [5, 5.41) is 19.7. The Kier molecular flexibility index (Phi) is 5.24. The molecule has 1 aromatic rings. The number of carbonyl (C=O) groups is 1. The number of benzene rings is 1. The van der Waals surface area contributed by atoms with Crippen molar-refractivity contribution in [3.63, 3.8) is 0 Å². The summed E-state index contributed by atoms with van der Waals surface area (Å²) < 4.78 is 44.7. The average Bonchev–Trinajstić information content (AvgIpc) is 2.52. The highest BCUT2D eigenvalue weighted by molar-refractivity contribution is 5.68. The van der Waals surface area contributed by atoms with Crippen LogP contribution in [0.25, 0.3) is 0 Å². The van der Waals surface area contributed by atoms with Gasteiger partial charge in [0.15, 0.2) is 0 Å². The molecular weight excluding hydrogens is 349 g/mol. The van der Waals surface area contributed by atoms with E-state index >= 15 is 0 Å². The maximum Gasteiger partial charge on any atom is 0.417 e. The number of alkyl halides is 3. The third-order valence-corrected chi connectivity index (χ3v) is 4.23. The van der Waals surface area contributed by atoms with E-state index in [1.54, 1.807) is 20.8 Å². The quantitative estimate of drug-likeness (QED) is 0.816. The minimum Gasteiger partial charge on any atom is -0.444 e. The van der Waals surface area contributed by atoms with Gasteiger partial charge in [-0.15, -0.1) is 0 Å². The molecule has 1 aliphatic heterocycles. The van der Waals surface area contributed by atoms with Gasteiger partial charge in [0.1, 0.15) is 5.60 Å². The molecule has 8 heteroatoms. The normalized spacial score (nSPS) is 17.5. The van der Waals surface area contributed by atoms with Crippen LogP contribution in [0.2, 0.25) is 0 Å². The third-order valence-electron chi connectivity index (χ3n) is 4.23. The number of piperidine rings is 1. The van der Waals surface area contributed by atoms with Gasteiger partial charge in [-0.1, -0.05) is 6.07 Å². The molecule has 0 saturated carbocycles. The topological polar surface area (TPSA) is 73.6 Å². The van der Waals surface area contributed by atoms with Crippen LogP contribution in [0.1, 0.15) is 50.3 Å². The largest absolute Gasteiger partial charge is 0.444 e. The number of carbonyl (C=O) groups excluding carboxylic acids is 1. The van der Waals surface area contributed by atoms with Gasteiger partial charge >= 0.3 is 12.3 Å². The highest BCUT2D eigenvalue weighted by atomic mass is 19.4. The molecule has 0 spiro atoms. The number of hydrogen-bond acceptors (Lipinski definition) is 4. The van der Waals surface area contributed by atoms with Crippen LogP contribution in [-0.2, 0) is 16.5 Å². The summed E-state index contributed by atoms with van der Waals surface area (Å²) >= 11 is 0. The van der Waals surface area contributed by atoms with E-state index in [4.69, 9.17) is 10.00 Å². The molecule has 5 nitrogen and oxygen atoms in total. The van der Waals surface area contributed by atoms with E-state index in [2.05, 4.69) is 0 Å². The molecule has 1 saturated heterocycles. The fraction of sp³-hybridized carbons (Fsp3) is 0.556. The Balaban J connectivity index is 2.19. The molecule has 142 valence electrons. The molecule has 0 aromatic heterocycles. The summed E-state index contributed by atoms with van der Waals surface area (Å²) in [6.07, 6.45) is -5.05. The molecule has 26 heavy (non-hydrogen) atoms. The van der Waals surface area contributed by atoms with Crippen molar-refractivity contribution < 1.29 is 27.8 Å². The number of hydrogen-bond donors (Lipinski definition) is 1. The minimum atomic E-state index is -4.69. The summed E-state index contributed by atoms with van der Waals surface area (Å²) in [7, 11) is 0. The number of nitrogens with zero attached hydrogens (tertiary/aromatic N) is 2. The lowest BCUT2D eigenvalue weighted by atomic mass is 9.83. The Morgan fingerprint density at radius 3 is 2.31 bits per heavy atom. The van der Waals surface area contributed by atoms with Crippen LogP contribution in [0.15, 0.2) is 18.2 Å². The van der Waals surface area contributed by atoms with Gasteiger partial charge in [0, 0.05) is 13.1 Å². The zero-order valence-electron chi connectivity index (χ0n) is 14.9. The summed E-state index contributed by atoms with van der Waals surface area (Å²) in [6.45, 7) is 5.53. The number of nitriles is 1. The van der Waals surface area contributed by atoms with Gasteiger partial charge in [0.2, 0.25) is 0 Å². The molecule has 0 atom stereocenters. The maximum absolute atomic E-state index is 13.1. The molecule has 0 aliphatic carbocycles. The van der Waals surface area contributed by atoms with E-state index in [1.807, 2.05) is 0 Å². The molecule has 1 N–H and O–H groups in total. The second-order valence-electron chi connectivity index (χ2n) is 7.37. The number of ether oxygens (including phenoxy) is 1. The van der Waals surface area contributed by atoms with E-state index in [9.17, 15) is 23.1 Å². The smallest absolute Gasteiger partial charge is 0.417 e. The molecule has 1 aromatic carbocycles.